The molecule has 0 saturated carbocycles. The zero-order valence-electron chi connectivity index (χ0n) is 8.35. The number of alkyl halides is 2. The zero-order valence-corrected chi connectivity index (χ0v) is 8.35. The van der Waals surface area contributed by atoms with Crippen molar-refractivity contribution in [3.05, 3.63) is 48.0 Å². The molecule has 0 unspecified atom stereocenters. The molecule has 5 heteroatoms. The molecule has 82 valence electrons. The molecule has 16 heavy (non-hydrogen) atoms. The highest BCUT2D eigenvalue weighted by Crippen LogP contribution is 2.44. The first kappa shape index (κ1) is 9.45. The standard InChI is InChI=1S/C11H9F2N3/c12-11(13)6-9(8-4-2-1-3-5-8)16-10(11)14-7-15-16/h1-5,7,9H,6H2/t9-/m1/s1. The Bertz CT molecular complexity index is 507. The maximum Gasteiger partial charge on any atom is 0.308 e. The van der Waals surface area contributed by atoms with Gasteiger partial charge in [-0.3, -0.25) is 0 Å². The highest BCUT2D eigenvalue weighted by atomic mass is 19.3. The van der Waals surface area contributed by atoms with E-state index < -0.39 is 12.0 Å². The van der Waals surface area contributed by atoms with Crippen molar-refractivity contribution in [2.45, 2.75) is 18.4 Å². The van der Waals surface area contributed by atoms with Crippen LogP contribution < -0.4 is 0 Å². The van der Waals surface area contributed by atoms with Crippen LogP contribution in [0, 0.1) is 0 Å². The van der Waals surface area contributed by atoms with Gasteiger partial charge < -0.3 is 0 Å². The average molecular weight is 221 g/mol. The molecular weight excluding hydrogens is 212 g/mol. The molecule has 1 aliphatic rings. The summed E-state index contributed by atoms with van der Waals surface area (Å²) in [5.74, 6) is -3.11. The van der Waals surface area contributed by atoms with E-state index in [1.165, 1.54) is 11.0 Å². The van der Waals surface area contributed by atoms with Gasteiger partial charge in [-0.05, 0) is 5.56 Å². The lowest BCUT2D eigenvalue weighted by atomic mass is 10.0. The van der Waals surface area contributed by atoms with Gasteiger partial charge in [0.1, 0.15) is 6.33 Å². The van der Waals surface area contributed by atoms with Crippen LogP contribution in [0.3, 0.4) is 0 Å². The molecule has 3 nitrogen and oxygen atoms in total. The predicted molar refractivity (Wildman–Crippen MR) is 53.1 cm³/mol. The molecule has 1 atom stereocenters. The Morgan fingerprint density at radius 2 is 2.00 bits per heavy atom. The maximum absolute atomic E-state index is 13.6. The number of hydrogen-bond donors (Lipinski definition) is 0. The van der Waals surface area contributed by atoms with E-state index in [1.807, 2.05) is 30.3 Å². The summed E-state index contributed by atoms with van der Waals surface area (Å²) in [6.45, 7) is 0. The Morgan fingerprint density at radius 3 is 2.75 bits per heavy atom. The van der Waals surface area contributed by atoms with Crippen molar-refractivity contribution in [3.63, 3.8) is 0 Å². The van der Waals surface area contributed by atoms with Crippen molar-refractivity contribution in [1.29, 1.82) is 0 Å². The van der Waals surface area contributed by atoms with Gasteiger partial charge >= 0.3 is 5.92 Å². The largest absolute Gasteiger partial charge is 0.308 e. The van der Waals surface area contributed by atoms with Crippen molar-refractivity contribution >= 4 is 0 Å². The summed E-state index contributed by atoms with van der Waals surface area (Å²) in [5, 5.41) is 3.88. The van der Waals surface area contributed by atoms with Crippen LogP contribution in [0.15, 0.2) is 36.7 Å². The first-order valence-electron chi connectivity index (χ1n) is 5.01. The molecule has 3 rings (SSSR count). The van der Waals surface area contributed by atoms with E-state index in [9.17, 15) is 8.78 Å². The van der Waals surface area contributed by atoms with Crippen LogP contribution in [0.2, 0.25) is 0 Å². The van der Waals surface area contributed by atoms with Crippen LogP contribution in [-0.2, 0) is 5.92 Å². The van der Waals surface area contributed by atoms with Crippen LogP contribution in [-0.4, -0.2) is 14.8 Å². The molecule has 0 spiro atoms. The molecule has 0 N–H and O–H groups in total. The minimum absolute atomic E-state index is 0.235. The lowest BCUT2D eigenvalue weighted by Crippen LogP contribution is -2.09. The molecule has 0 amide bonds. The van der Waals surface area contributed by atoms with E-state index in [0.717, 1.165) is 5.56 Å². The minimum atomic E-state index is -2.88. The third-order valence-corrected chi connectivity index (χ3v) is 2.83. The second-order valence-corrected chi connectivity index (χ2v) is 3.86. The van der Waals surface area contributed by atoms with Gasteiger partial charge in [0.05, 0.1) is 6.04 Å². The SMILES string of the molecule is FC1(F)C[C@H](c2ccccc2)n2ncnc21. The molecule has 0 fully saturated rings. The van der Waals surface area contributed by atoms with E-state index in [0.29, 0.717) is 0 Å². The van der Waals surface area contributed by atoms with Gasteiger partial charge in [-0.15, -0.1) is 0 Å². The van der Waals surface area contributed by atoms with Crippen LogP contribution in [0.4, 0.5) is 8.78 Å². The van der Waals surface area contributed by atoms with Gasteiger partial charge in [-0.2, -0.15) is 13.9 Å². The summed E-state index contributed by atoms with van der Waals surface area (Å²) in [6, 6.07) is 8.78. The number of hydrogen-bond acceptors (Lipinski definition) is 2. The summed E-state index contributed by atoms with van der Waals surface area (Å²) in [6.07, 6.45) is 0.922. The number of nitrogens with zero attached hydrogens (tertiary/aromatic N) is 3. The highest BCUT2D eigenvalue weighted by Gasteiger charge is 2.48. The fourth-order valence-electron chi connectivity index (χ4n) is 2.09. The van der Waals surface area contributed by atoms with Crippen molar-refractivity contribution < 1.29 is 8.78 Å². The van der Waals surface area contributed by atoms with Gasteiger partial charge in [0, 0.05) is 6.42 Å². The number of benzene rings is 1. The summed E-state index contributed by atoms with van der Waals surface area (Å²) in [5.41, 5.74) is 0.839. The monoisotopic (exact) mass is 221 g/mol. The van der Waals surface area contributed by atoms with Crippen molar-refractivity contribution in [2.75, 3.05) is 0 Å². The van der Waals surface area contributed by atoms with Crippen molar-refractivity contribution in [1.82, 2.24) is 14.8 Å². The molecule has 0 bridgehead atoms. The Labute approximate surface area is 90.7 Å². The maximum atomic E-state index is 13.6. The van der Waals surface area contributed by atoms with Crippen LogP contribution >= 0.6 is 0 Å². The first-order chi connectivity index (χ1) is 7.68. The normalized spacial score (nSPS) is 22.0. The number of fused-ring (bicyclic) bond motifs is 1. The van der Waals surface area contributed by atoms with E-state index >= 15 is 0 Å². The molecule has 0 aliphatic carbocycles. The van der Waals surface area contributed by atoms with Gasteiger partial charge in [0.25, 0.3) is 0 Å². The fraction of sp³-hybridized carbons (Fsp3) is 0.273. The van der Waals surface area contributed by atoms with Gasteiger partial charge in [-0.25, -0.2) is 9.67 Å². The topological polar surface area (TPSA) is 30.7 Å². The third kappa shape index (κ3) is 1.24. The lowest BCUT2D eigenvalue weighted by Gasteiger charge is -2.11. The van der Waals surface area contributed by atoms with Crippen LogP contribution in [0.5, 0.6) is 0 Å². The smallest absolute Gasteiger partial charge is 0.237 e. The molecule has 0 radical (unpaired) electrons. The molecular formula is C11H9F2N3. The number of rotatable bonds is 1. The lowest BCUT2D eigenvalue weighted by molar-refractivity contribution is -0.00875. The molecule has 1 aliphatic heterocycles. The summed E-state index contributed by atoms with van der Waals surface area (Å²) in [7, 11) is 0. The van der Waals surface area contributed by atoms with Crippen LogP contribution in [0.25, 0.3) is 0 Å². The molecule has 1 aromatic carbocycles. The zero-order chi connectivity index (χ0) is 11.2. The molecule has 2 heterocycles. The Kier molecular flexibility index (Phi) is 1.83. The fourth-order valence-corrected chi connectivity index (χ4v) is 2.09. The Balaban J connectivity index is 2.09. The van der Waals surface area contributed by atoms with Crippen LogP contribution in [0.1, 0.15) is 23.9 Å². The predicted octanol–water partition coefficient (Wildman–Crippen LogP) is 2.36. The summed E-state index contributed by atoms with van der Waals surface area (Å²) < 4.78 is 28.5. The van der Waals surface area contributed by atoms with Gasteiger partial charge in [-0.1, -0.05) is 30.3 Å². The Hall–Kier alpha value is -1.78. The Morgan fingerprint density at radius 1 is 1.25 bits per heavy atom. The summed E-state index contributed by atoms with van der Waals surface area (Å²) >= 11 is 0. The minimum Gasteiger partial charge on any atom is -0.237 e. The van der Waals surface area contributed by atoms with E-state index in [1.54, 1.807) is 0 Å². The van der Waals surface area contributed by atoms with Crippen molar-refractivity contribution in [3.8, 4) is 0 Å². The molecule has 2 aromatic rings. The quantitative estimate of drug-likeness (QED) is 0.740. The third-order valence-electron chi connectivity index (χ3n) is 2.83. The second-order valence-electron chi connectivity index (χ2n) is 3.86. The highest BCUT2D eigenvalue weighted by molar-refractivity contribution is 5.24. The average Bonchev–Trinajstić information content (AvgIpc) is 2.84. The number of halogens is 2. The van der Waals surface area contributed by atoms with Gasteiger partial charge in [0.2, 0.25) is 0 Å². The van der Waals surface area contributed by atoms with Crippen molar-refractivity contribution in [2.24, 2.45) is 0 Å². The van der Waals surface area contributed by atoms with E-state index in [2.05, 4.69) is 10.1 Å². The van der Waals surface area contributed by atoms with E-state index in [4.69, 9.17) is 0 Å². The van der Waals surface area contributed by atoms with Gasteiger partial charge in [0.15, 0.2) is 5.82 Å². The molecule has 1 aromatic heterocycles. The molecule has 0 saturated heterocycles. The first-order valence-corrected chi connectivity index (χ1v) is 5.01. The number of aromatic nitrogens is 3. The van der Waals surface area contributed by atoms with E-state index in [-0.39, 0.29) is 12.2 Å². The second kappa shape index (κ2) is 3.10. The summed E-state index contributed by atoms with van der Waals surface area (Å²) in [4.78, 5) is 3.63.